The van der Waals surface area contributed by atoms with E-state index in [0.29, 0.717) is 15.9 Å². The minimum atomic E-state index is -0.361. The van der Waals surface area contributed by atoms with Gasteiger partial charge in [0.2, 0.25) is 5.88 Å². The van der Waals surface area contributed by atoms with Gasteiger partial charge in [-0.2, -0.15) is 0 Å². The van der Waals surface area contributed by atoms with E-state index in [4.69, 9.17) is 15.9 Å². The standard InChI is InChI=1S/C12H9BrFN3O/c13-8-6-7(14)4-5-10(8)18-11-3-1-2-9(17-11)12(15)16/h1-6H,(H3,15,16). The van der Waals surface area contributed by atoms with Crippen LogP contribution in [0.15, 0.2) is 40.9 Å². The number of nitrogens with two attached hydrogens (primary N) is 1. The molecule has 2 rings (SSSR count). The van der Waals surface area contributed by atoms with E-state index in [1.54, 1.807) is 18.2 Å². The van der Waals surface area contributed by atoms with Crippen LogP contribution in [0.25, 0.3) is 0 Å². The molecule has 6 heteroatoms. The molecule has 0 atom stereocenters. The van der Waals surface area contributed by atoms with Gasteiger partial charge in [-0.25, -0.2) is 9.37 Å². The van der Waals surface area contributed by atoms with Crippen molar-refractivity contribution < 1.29 is 9.13 Å². The van der Waals surface area contributed by atoms with E-state index >= 15 is 0 Å². The van der Waals surface area contributed by atoms with Crippen LogP contribution in [0.5, 0.6) is 11.6 Å². The number of nitrogen functional groups attached to an aromatic ring is 1. The zero-order valence-electron chi connectivity index (χ0n) is 9.15. The van der Waals surface area contributed by atoms with Gasteiger partial charge in [-0.1, -0.05) is 6.07 Å². The van der Waals surface area contributed by atoms with Crippen LogP contribution >= 0.6 is 15.9 Å². The fourth-order valence-corrected chi connectivity index (χ4v) is 1.72. The molecule has 0 aliphatic heterocycles. The third-order valence-electron chi connectivity index (χ3n) is 2.11. The van der Waals surface area contributed by atoms with Gasteiger partial charge in [0.05, 0.1) is 4.47 Å². The third kappa shape index (κ3) is 2.84. The molecule has 0 saturated carbocycles. The Balaban J connectivity index is 2.28. The lowest BCUT2D eigenvalue weighted by Crippen LogP contribution is -2.13. The third-order valence-corrected chi connectivity index (χ3v) is 2.73. The lowest BCUT2D eigenvalue weighted by Gasteiger charge is -2.07. The Labute approximate surface area is 111 Å². The lowest BCUT2D eigenvalue weighted by molar-refractivity contribution is 0.458. The number of nitrogens with zero attached hydrogens (tertiary/aromatic N) is 1. The Bertz CT molecular complexity index is 604. The Morgan fingerprint density at radius 2 is 2.11 bits per heavy atom. The van der Waals surface area contributed by atoms with Gasteiger partial charge in [-0.3, -0.25) is 5.41 Å². The number of ether oxygens (including phenoxy) is 1. The van der Waals surface area contributed by atoms with Crippen molar-refractivity contribution in [3.8, 4) is 11.6 Å². The summed E-state index contributed by atoms with van der Waals surface area (Å²) in [5, 5.41) is 7.28. The molecule has 0 radical (unpaired) electrons. The molecule has 0 bridgehead atoms. The maximum Gasteiger partial charge on any atom is 0.219 e. The summed E-state index contributed by atoms with van der Waals surface area (Å²) in [4.78, 5) is 4.04. The van der Waals surface area contributed by atoms with Crippen molar-refractivity contribution in [2.45, 2.75) is 0 Å². The summed E-state index contributed by atoms with van der Waals surface area (Å²) < 4.78 is 18.9. The molecule has 4 nitrogen and oxygen atoms in total. The molecule has 3 N–H and O–H groups in total. The van der Waals surface area contributed by atoms with E-state index in [9.17, 15) is 4.39 Å². The first-order chi connectivity index (χ1) is 8.56. The highest BCUT2D eigenvalue weighted by molar-refractivity contribution is 9.10. The van der Waals surface area contributed by atoms with Gasteiger partial charge in [-0.15, -0.1) is 0 Å². The summed E-state index contributed by atoms with van der Waals surface area (Å²) in [6, 6.07) is 8.98. The number of nitrogens with one attached hydrogen (secondary N) is 1. The van der Waals surface area contributed by atoms with Gasteiger partial charge in [0.25, 0.3) is 0 Å². The van der Waals surface area contributed by atoms with E-state index in [2.05, 4.69) is 20.9 Å². The van der Waals surface area contributed by atoms with E-state index in [1.165, 1.54) is 18.2 Å². The van der Waals surface area contributed by atoms with Crippen LogP contribution in [0.4, 0.5) is 4.39 Å². The number of pyridine rings is 1. The molecule has 1 aromatic heterocycles. The molecule has 0 fully saturated rings. The second-order valence-corrected chi connectivity index (χ2v) is 4.31. The fraction of sp³-hybridized carbons (Fsp3) is 0. The highest BCUT2D eigenvalue weighted by Gasteiger charge is 2.06. The average molecular weight is 310 g/mol. The van der Waals surface area contributed by atoms with Gasteiger partial charge in [0.15, 0.2) is 0 Å². The second-order valence-electron chi connectivity index (χ2n) is 3.45. The van der Waals surface area contributed by atoms with Crippen LogP contribution in [0, 0.1) is 11.2 Å². The SMILES string of the molecule is N=C(N)c1cccc(Oc2ccc(F)cc2Br)n1. The highest BCUT2D eigenvalue weighted by atomic mass is 79.9. The van der Waals surface area contributed by atoms with Crippen molar-refractivity contribution in [2.75, 3.05) is 0 Å². The Morgan fingerprint density at radius 3 is 2.78 bits per heavy atom. The van der Waals surface area contributed by atoms with Crippen molar-refractivity contribution in [3.63, 3.8) is 0 Å². The van der Waals surface area contributed by atoms with Crippen LogP contribution in [-0.4, -0.2) is 10.8 Å². The number of hydrogen-bond acceptors (Lipinski definition) is 3. The maximum atomic E-state index is 12.9. The predicted octanol–water partition coefficient (Wildman–Crippen LogP) is 3.06. The van der Waals surface area contributed by atoms with Crippen LogP contribution in [0.2, 0.25) is 0 Å². The first-order valence-electron chi connectivity index (χ1n) is 5.00. The summed E-state index contributed by atoms with van der Waals surface area (Å²) in [5.41, 5.74) is 5.66. The number of benzene rings is 1. The number of amidine groups is 1. The van der Waals surface area contributed by atoms with Gasteiger partial charge in [-0.05, 0) is 40.2 Å². The molecule has 2 aromatic rings. The smallest absolute Gasteiger partial charge is 0.219 e. The number of halogens is 2. The molecular weight excluding hydrogens is 301 g/mol. The predicted molar refractivity (Wildman–Crippen MR) is 69.4 cm³/mol. The van der Waals surface area contributed by atoms with E-state index in [0.717, 1.165) is 0 Å². The van der Waals surface area contributed by atoms with Gasteiger partial charge >= 0.3 is 0 Å². The van der Waals surface area contributed by atoms with Crippen molar-refractivity contribution in [1.82, 2.24) is 4.98 Å². The normalized spacial score (nSPS) is 10.1. The zero-order chi connectivity index (χ0) is 13.1. The minimum Gasteiger partial charge on any atom is -0.438 e. The van der Waals surface area contributed by atoms with Crippen molar-refractivity contribution in [2.24, 2.45) is 5.73 Å². The molecule has 0 amide bonds. The minimum absolute atomic E-state index is 0.140. The number of aromatic nitrogens is 1. The zero-order valence-corrected chi connectivity index (χ0v) is 10.7. The molecule has 0 spiro atoms. The first-order valence-corrected chi connectivity index (χ1v) is 5.80. The van der Waals surface area contributed by atoms with Crippen LogP contribution in [0.1, 0.15) is 5.69 Å². The van der Waals surface area contributed by atoms with Crippen LogP contribution in [-0.2, 0) is 0 Å². The molecule has 92 valence electrons. The van der Waals surface area contributed by atoms with Crippen molar-refractivity contribution in [1.29, 1.82) is 5.41 Å². The Hall–Kier alpha value is -1.95. The number of hydrogen-bond donors (Lipinski definition) is 2. The quantitative estimate of drug-likeness (QED) is 0.676. The monoisotopic (exact) mass is 309 g/mol. The van der Waals surface area contributed by atoms with Crippen LogP contribution < -0.4 is 10.5 Å². The van der Waals surface area contributed by atoms with Gasteiger partial charge in [0, 0.05) is 6.07 Å². The molecule has 18 heavy (non-hydrogen) atoms. The second kappa shape index (κ2) is 5.14. The van der Waals surface area contributed by atoms with E-state index < -0.39 is 0 Å². The average Bonchev–Trinajstić information content (AvgIpc) is 2.33. The van der Waals surface area contributed by atoms with E-state index in [-0.39, 0.29) is 17.5 Å². The Kier molecular flexibility index (Phi) is 3.57. The topological polar surface area (TPSA) is 72.0 Å². The highest BCUT2D eigenvalue weighted by Crippen LogP contribution is 2.29. The summed E-state index contributed by atoms with van der Waals surface area (Å²) in [6.07, 6.45) is 0. The molecule has 1 heterocycles. The summed E-state index contributed by atoms with van der Waals surface area (Å²) in [5.74, 6) is 0.220. The van der Waals surface area contributed by atoms with Crippen molar-refractivity contribution in [3.05, 3.63) is 52.4 Å². The van der Waals surface area contributed by atoms with Gasteiger partial charge < -0.3 is 10.5 Å². The first kappa shape index (κ1) is 12.5. The molecule has 0 aliphatic rings. The molecule has 1 aromatic carbocycles. The molecular formula is C12H9BrFN3O. The van der Waals surface area contributed by atoms with Crippen LogP contribution in [0.3, 0.4) is 0 Å². The van der Waals surface area contributed by atoms with Crippen molar-refractivity contribution >= 4 is 21.8 Å². The summed E-state index contributed by atoms with van der Waals surface area (Å²) in [6.45, 7) is 0. The maximum absolute atomic E-state index is 12.9. The Morgan fingerprint density at radius 1 is 1.33 bits per heavy atom. The lowest BCUT2D eigenvalue weighted by atomic mass is 10.3. The fourth-order valence-electron chi connectivity index (χ4n) is 1.29. The van der Waals surface area contributed by atoms with Gasteiger partial charge in [0.1, 0.15) is 23.1 Å². The summed E-state index contributed by atoms with van der Waals surface area (Å²) in [7, 11) is 0. The largest absolute Gasteiger partial charge is 0.438 e. The molecule has 0 aliphatic carbocycles. The summed E-state index contributed by atoms with van der Waals surface area (Å²) >= 11 is 3.19. The molecule has 0 unspecified atom stereocenters. The number of rotatable bonds is 3. The molecule has 0 saturated heterocycles. The van der Waals surface area contributed by atoms with E-state index in [1.807, 2.05) is 0 Å².